The van der Waals surface area contributed by atoms with Crippen LogP contribution in [0.4, 0.5) is 0 Å². The maximum atomic E-state index is 10.9. The lowest BCUT2D eigenvalue weighted by molar-refractivity contribution is -0.129. The molecule has 1 saturated heterocycles. The Morgan fingerprint density at radius 2 is 1.90 bits per heavy atom. The molecule has 1 heterocycles. The summed E-state index contributed by atoms with van der Waals surface area (Å²) >= 11 is 0. The van der Waals surface area contributed by atoms with E-state index in [0.29, 0.717) is 12.3 Å². The number of halogens is 1. The molecule has 0 radical (unpaired) electrons. The first-order valence-electron chi connectivity index (χ1n) is 3.62. The van der Waals surface area contributed by atoms with Gasteiger partial charge < -0.3 is 4.90 Å². The van der Waals surface area contributed by atoms with Crippen LogP contribution in [0.3, 0.4) is 0 Å². The van der Waals surface area contributed by atoms with E-state index in [9.17, 15) is 4.79 Å². The monoisotopic (exact) mass is 163 g/mol. The molecular weight excluding hydrogens is 150 g/mol. The number of rotatable bonds is 1. The van der Waals surface area contributed by atoms with E-state index in [1.807, 2.05) is 11.8 Å². The molecule has 0 saturated carbocycles. The molecule has 60 valence electrons. The second kappa shape index (κ2) is 4.56. The molecule has 0 bridgehead atoms. The Hall–Kier alpha value is -0.240. The molecule has 1 rings (SSSR count). The normalized spacial score (nSPS) is 16.7. The minimum absolute atomic E-state index is 0. The molecule has 0 aliphatic carbocycles. The van der Waals surface area contributed by atoms with Gasteiger partial charge in [-0.1, -0.05) is 6.92 Å². The average Bonchev–Trinajstić information content (AvgIpc) is 2.37. The highest BCUT2D eigenvalue weighted by Gasteiger charge is 2.14. The fourth-order valence-electron chi connectivity index (χ4n) is 1.19. The van der Waals surface area contributed by atoms with Gasteiger partial charge in [-0.2, -0.15) is 0 Å². The number of hydrogen-bond donors (Lipinski definition) is 0. The van der Waals surface area contributed by atoms with Crippen LogP contribution in [-0.4, -0.2) is 23.9 Å². The van der Waals surface area contributed by atoms with Crippen LogP contribution < -0.4 is 0 Å². The van der Waals surface area contributed by atoms with Crippen molar-refractivity contribution in [2.45, 2.75) is 26.2 Å². The minimum atomic E-state index is 0. The molecule has 0 unspecified atom stereocenters. The lowest BCUT2D eigenvalue weighted by Gasteiger charge is -2.12. The van der Waals surface area contributed by atoms with E-state index in [0.717, 1.165) is 13.1 Å². The van der Waals surface area contributed by atoms with Crippen LogP contribution in [-0.2, 0) is 4.79 Å². The zero-order chi connectivity index (χ0) is 6.69. The Kier molecular flexibility index (Phi) is 4.45. The van der Waals surface area contributed by atoms with E-state index in [2.05, 4.69) is 0 Å². The first kappa shape index (κ1) is 9.76. The smallest absolute Gasteiger partial charge is 0.222 e. The molecule has 0 atom stereocenters. The molecule has 3 heteroatoms. The van der Waals surface area contributed by atoms with Gasteiger partial charge in [-0.25, -0.2) is 0 Å². The topological polar surface area (TPSA) is 20.3 Å². The predicted octanol–water partition coefficient (Wildman–Crippen LogP) is 1.44. The molecule has 1 fully saturated rings. The van der Waals surface area contributed by atoms with E-state index in [1.165, 1.54) is 12.8 Å². The SMILES string of the molecule is CCC(=O)N1CCCC1.Cl. The fraction of sp³-hybridized carbons (Fsp3) is 0.857. The van der Waals surface area contributed by atoms with Crippen molar-refractivity contribution in [3.8, 4) is 0 Å². The van der Waals surface area contributed by atoms with Gasteiger partial charge in [0.2, 0.25) is 5.91 Å². The van der Waals surface area contributed by atoms with Crippen LogP contribution >= 0.6 is 12.4 Å². The largest absolute Gasteiger partial charge is 0.343 e. The van der Waals surface area contributed by atoms with E-state index >= 15 is 0 Å². The van der Waals surface area contributed by atoms with Crippen LogP contribution in [0.25, 0.3) is 0 Å². The summed E-state index contributed by atoms with van der Waals surface area (Å²) in [6, 6.07) is 0. The molecule has 0 N–H and O–H groups in total. The summed E-state index contributed by atoms with van der Waals surface area (Å²) in [4.78, 5) is 12.9. The van der Waals surface area contributed by atoms with Gasteiger partial charge in [-0.05, 0) is 12.8 Å². The summed E-state index contributed by atoms with van der Waals surface area (Å²) in [6.07, 6.45) is 3.07. The Bertz CT molecular complexity index is 110. The summed E-state index contributed by atoms with van der Waals surface area (Å²) in [5.74, 6) is 0.313. The highest BCUT2D eigenvalue weighted by Crippen LogP contribution is 2.07. The molecule has 10 heavy (non-hydrogen) atoms. The average molecular weight is 164 g/mol. The summed E-state index contributed by atoms with van der Waals surface area (Å²) in [7, 11) is 0. The summed E-state index contributed by atoms with van der Waals surface area (Å²) in [6.45, 7) is 3.90. The lowest BCUT2D eigenvalue weighted by Crippen LogP contribution is -2.26. The van der Waals surface area contributed by atoms with Gasteiger partial charge in [0.25, 0.3) is 0 Å². The second-order valence-electron chi connectivity index (χ2n) is 2.44. The predicted molar refractivity (Wildman–Crippen MR) is 43.4 cm³/mol. The molecule has 1 aliphatic rings. The third kappa shape index (κ3) is 2.18. The van der Waals surface area contributed by atoms with Gasteiger partial charge in [-0.15, -0.1) is 12.4 Å². The lowest BCUT2D eigenvalue weighted by atomic mass is 10.4. The molecule has 1 amide bonds. The number of amides is 1. The number of carbonyl (C=O) groups excluding carboxylic acids is 1. The molecule has 0 spiro atoms. The third-order valence-corrected chi connectivity index (χ3v) is 1.76. The molecular formula is C7H14ClNO. The first-order chi connectivity index (χ1) is 4.34. The van der Waals surface area contributed by atoms with Crippen molar-refractivity contribution in [3.05, 3.63) is 0 Å². The molecule has 2 nitrogen and oxygen atoms in total. The zero-order valence-electron chi connectivity index (χ0n) is 6.30. The maximum Gasteiger partial charge on any atom is 0.222 e. The molecule has 1 aliphatic heterocycles. The summed E-state index contributed by atoms with van der Waals surface area (Å²) in [5.41, 5.74) is 0. The van der Waals surface area contributed by atoms with Gasteiger partial charge in [0.05, 0.1) is 0 Å². The Balaban J connectivity index is 0.000000810. The molecule has 0 aromatic heterocycles. The van der Waals surface area contributed by atoms with Crippen LogP contribution in [0.2, 0.25) is 0 Å². The van der Waals surface area contributed by atoms with Gasteiger partial charge in [-0.3, -0.25) is 4.79 Å². The van der Waals surface area contributed by atoms with Gasteiger partial charge in [0.1, 0.15) is 0 Å². The first-order valence-corrected chi connectivity index (χ1v) is 3.62. The summed E-state index contributed by atoms with van der Waals surface area (Å²) in [5, 5.41) is 0. The van der Waals surface area contributed by atoms with Crippen molar-refractivity contribution in [2.75, 3.05) is 13.1 Å². The number of hydrogen-bond acceptors (Lipinski definition) is 1. The van der Waals surface area contributed by atoms with Crippen LogP contribution in [0.1, 0.15) is 26.2 Å². The van der Waals surface area contributed by atoms with Crippen molar-refractivity contribution in [2.24, 2.45) is 0 Å². The van der Waals surface area contributed by atoms with Crippen molar-refractivity contribution in [1.29, 1.82) is 0 Å². The van der Waals surface area contributed by atoms with Gasteiger partial charge in [0.15, 0.2) is 0 Å². The van der Waals surface area contributed by atoms with E-state index in [1.54, 1.807) is 0 Å². The number of likely N-dealkylation sites (tertiary alicyclic amines) is 1. The zero-order valence-corrected chi connectivity index (χ0v) is 7.12. The van der Waals surface area contributed by atoms with Crippen LogP contribution in [0.15, 0.2) is 0 Å². The third-order valence-electron chi connectivity index (χ3n) is 1.76. The van der Waals surface area contributed by atoms with Crippen LogP contribution in [0, 0.1) is 0 Å². The quantitative estimate of drug-likeness (QED) is 0.573. The minimum Gasteiger partial charge on any atom is -0.343 e. The molecule has 0 aromatic carbocycles. The number of nitrogens with zero attached hydrogens (tertiary/aromatic N) is 1. The Morgan fingerprint density at radius 1 is 1.40 bits per heavy atom. The van der Waals surface area contributed by atoms with E-state index < -0.39 is 0 Å². The van der Waals surface area contributed by atoms with Gasteiger partial charge in [0, 0.05) is 19.5 Å². The standard InChI is InChI=1S/C7H13NO.ClH/c1-2-7(9)8-5-3-4-6-8;/h2-6H2,1H3;1H. The highest BCUT2D eigenvalue weighted by molar-refractivity contribution is 5.85. The van der Waals surface area contributed by atoms with Crippen molar-refractivity contribution >= 4 is 18.3 Å². The van der Waals surface area contributed by atoms with E-state index in [-0.39, 0.29) is 12.4 Å². The highest BCUT2D eigenvalue weighted by atomic mass is 35.5. The van der Waals surface area contributed by atoms with Gasteiger partial charge >= 0.3 is 0 Å². The Morgan fingerprint density at radius 3 is 2.30 bits per heavy atom. The summed E-state index contributed by atoms with van der Waals surface area (Å²) < 4.78 is 0. The van der Waals surface area contributed by atoms with Crippen molar-refractivity contribution in [1.82, 2.24) is 4.90 Å². The fourth-order valence-corrected chi connectivity index (χ4v) is 1.19. The second-order valence-corrected chi connectivity index (χ2v) is 2.44. The maximum absolute atomic E-state index is 10.9. The molecule has 0 aromatic rings. The Labute approximate surface area is 68.0 Å². The van der Waals surface area contributed by atoms with Crippen molar-refractivity contribution < 1.29 is 4.79 Å². The van der Waals surface area contributed by atoms with Crippen molar-refractivity contribution in [3.63, 3.8) is 0 Å². The van der Waals surface area contributed by atoms with Crippen LogP contribution in [0.5, 0.6) is 0 Å². The van der Waals surface area contributed by atoms with E-state index in [4.69, 9.17) is 0 Å². The number of carbonyl (C=O) groups is 1.